The maximum Gasteiger partial charge on any atom is 0.417 e. The summed E-state index contributed by atoms with van der Waals surface area (Å²) >= 11 is 5.82. The van der Waals surface area contributed by atoms with Crippen LogP contribution in [0.5, 0.6) is 0 Å². The van der Waals surface area contributed by atoms with Crippen molar-refractivity contribution in [1.29, 1.82) is 0 Å². The molecule has 2 atom stereocenters. The molecule has 2 unspecified atom stereocenters. The molecule has 1 aromatic rings. The van der Waals surface area contributed by atoms with Gasteiger partial charge in [-0.25, -0.2) is 4.98 Å². The largest absolute Gasteiger partial charge is 0.417 e. The molecule has 140 valence electrons. The average Bonchev–Trinajstić information content (AvgIpc) is 2.55. The van der Waals surface area contributed by atoms with E-state index in [4.69, 9.17) is 17.3 Å². The number of amides is 1. The highest BCUT2D eigenvalue weighted by atomic mass is 35.5. The first-order valence-electron chi connectivity index (χ1n) is 8.18. The number of piperidine rings is 1. The maximum absolute atomic E-state index is 12.6. The molecule has 1 amide bonds. The van der Waals surface area contributed by atoms with Gasteiger partial charge >= 0.3 is 6.18 Å². The summed E-state index contributed by atoms with van der Waals surface area (Å²) in [6.07, 6.45) is -1.61. The van der Waals surface area contributed by atoms with Crippen molar-refractivity contribution < 1.29 is 18.0 Å². The van der Waals surface area contributed by atoms with E-state index in [0.717, 1.165) is 18.9 Å². The molecule has 2 rings (SSSR count). The van der Waals surface area contributed by atoms with Crippen molar-refractivity contribution in [1.82, 2.24) is 9.88 Å². The molecule has 0 spiro atoms. The van der Waals surface area contributed by atoms with Crippen LogP contribution in [0.1, 0.15) is 31.7 Å². The molecular weight excluding hydrogens is 357 g/mol. The SMILES string of the molecule is CC(N)C1CCCN(C(=O)CCNc2ncc(C(F)(F)F)cc2Cl)C1. The second kappa shape index (κ2) is 8.23. The number of aromatic nitrogens is 1. The van der Waals surface area contributed by atoms with Gasteiger partial charge in [0, 0.05) is 38.3 Å². The van der Waals surface area contributed by atoms with Gasteiger partial charge in [0.1, 0.15) is 5.82 Å². The number of halogens is 4. The van der Waals surface area contributed by atoms with Crippen LogP contribution in [-0.4, -0.2) is 41.5 Å². The van der Waals surface area contributed by atoms with Crippen LogP contribution >= 0.6 is 11.6 Å². The van der Waals surface area contributed by atoms with Gasteiger partial charge in [-0.15, -0.1) is 0 Å². The molecule has 0 saturated carbocycles. The summed E-state index contributed by atoms with van der Waals surface area (Å²) in [5, 5.41) is 2.69. The standard InChI is InChI=1S/C16H22ClF3N4O/c1-10(21)11-3-2-6-24(9-11)14(25)4-5-22-15-13(17)7-12(8-23-15)16(18,19)20/h7-8,10-11H,2-6,9,21H2,1H3,(H,22,23). The first kappa shape index (κ1) is 19.8. The summed E-state index contributed by atoms with van der Waals surface area (Å²) in [5.41, 5.74) is 5.00. The van der Waals surface area contributed by atoms with Crippen LogP contribution in [0, 0.1) is 5.92 Å². The highest BCUT2D eigenvalue weighted by Gasteiger charge is 2.31. The van der Waals surface area contributed by atoms with Crippen molar-refractivity contribution >= 4 is 23.3 Å². The number of hydrogen-bond donors (Lipinski definition) is 2. The molecule has 0 radical (unpaired) electrons. The first-order valence-corrected chi connectivity index (χ1v) is 8.56. The number of hydrogen-bond acceptors (Lipinski definition) is 4. The van der Waals surface area contributed by atoms with E-state index in [0.29, 0.717) is 25.2 Å². The summed E-state index contributed by atoms with van der Waals surface area (Å²) in [6.45, 7) is 3.55. The summed E-state index contributed by atoms with van der Waals surface area (Å²) in [4.78, 5) is 17.7. The molecular formula is C16H22ClF3N4O. The van der Waals surface area contributed by atoms with Crippen LogP contribution in [0.15, 0.2) is 12.3 Å². The van der Waals surface area contributed by atoms with Gasteiger partial charge in [-0.05, 0) is 31.7 Å². The van der Waals surface area contributed by atoms with E-state index in [-0.39, 0.29) is 35.8 Å². The quantitative estimate of drug-likeness (QED) is 0.825. The highest BCUT2D eigenvalue weighted by Crippen LogP contribution is 2.32. The van der Waals surface area contributed by atoms with Crippen LogP contribution in [0.4, 0.5) is 19.0 Å². The number of nitrogens with one attached hydrogen (secondary N) is 1. The lowest BCUT2D eigenvalue weighted by Gasteiger charge is -2.34. The molecule has 1 aliphatic heterocycles. The van der Waals surface area contributed by atoms with Gasteiger partial charge < -0.3 is 16.0 Å². The Morgan fingerprint density at radius 1 is 1.56 bits per heavy atom. The van der Waals surface area contributed by atoms with Gasteiger partial charge in [0.05, 0.1) is 10.6 Å². The molecule has 1 fully saturated rings. The summed E-state index contributed by atoms with van der Waals surface area (Å²) in [6, 6.07) is 0.861. The Hall–Kier alpha value is -1.54. The van der Waals surface area contributed by atoms with Crippen LogP contribution in [0.25, 0.3) is 0 Å². The number of nitrogens with two attached hydrogens (primary N) is 1. The highest BCUT2D eigenvalue weighted by molar-refractivity contribution is 6.32. The molecule has 9 heteroatoms. The van der Waals surface area contributed by atoms with Crippen molar-refractivity contribution in [2.75, 3.05) is 25.0 Å². The van der Waals surface area contributed by atoms with Crippen LogP contribution in [-0.2, 0) is 11.0 Å². The Morgan fingerprint density at radius 2 is 2.28 bits per heavy atom. The number of anilines is 1. The van der Waals surface area contributed by atoms with Crippen molar-refractivity contribution in [2.45, 2.75) is 38.4 Å². The number of nitrogens with zero attached hydrogens (tertiary/aromatic N) is 2. The van der Waals surface area contributed by atoms with E-state index in [1.807, 2.05) is 6.92 Å². The summed E-state index contributed by atoms with van der Waals surface area (Å²) < 4.78 is 37.7. The Balaban J connectivity index is 1.85. The van der Waals surface area contributed by atoms with Crippen molar-refractivity contribution in [3.8, 4) is 0 Å². The fourth-order valence-electron chi connectivity index (χ4n) is 2.83. The third-order valence-electron chi connectivity index (χ3n) is 4.35. The molecule has 1 aliphatic rings. The molecule has 5 nitrogen and oxygen atoms in total. The van der Waals surface area contributed by atoms with E-state index in [9.17, 15) is 18.0 Å². The van der Waals surface area contributed by atoms with E-state index >= 15 is 0 Å². The Labute approximate surface area is 149 Å². The van der Waals surface area contributed by atoms with Crippen LogP contribution in [0.2, 0.25) is 5.02 Å². The van der Waals surface area contributed by atoms with Crippen LogP contribution < -0.4 is 11.1 Å². The lowest BCUT2D eigenvalue weighted by Crippen LogP contribution is -2.45. The van der Waals surface area contributed by atoms with Gasteiger partial charge in [-0.2, -0.15) is 13.2 Å². The zero-order chi connectivity index (χ0) is 18.6. The number of carbonyl (C=O) groups excluding carboxylic acids is 1. The number of likely N-dealkylation sites (tertiary alicyclic amines) is 1. The molecule has 25 heavy (non-hydrogen) atoms. The molecule has 1 saturated heterocycles. The Bertz CT molecular complexity index is 610. The van der Waals surface area contributed by atoms with Crippen molar-refractivity contribution in [3.05, 3.63) is 22.8 Å². The molecule has 3 N–H and O–H groups in total. The minimum atomic E-state index is -4.49. The van der Waals surface area contributed by atoms with Crippen molar-refractivity contribution in [2.24, 2.45) is 11.7 Å². The maximum atomic E-state index is 12.6. The lowest BCUT2D eigenvalue weighted by molar-refractivity contribution is -0.137. The normalized spacial score (nSPS) is 19.6. The second-order valence-electron chi connectivity index (χ2n) is 6.33. The van der Waals surface area contributed by atoms with Crippen molar-refractivity contribution in [3.63, 3.8) is 0 Å². The Kier molecular flexibility index (Phi) is 6.51. The topological polar surface area (TPSA) is 71.2 Å². The van der Waals surface area contributed by atoms with Crippen LogP contribution in [0.3, 0.4) is 0 Å². The zero-order valence-electron chi connectivity index (χ0n) is 13.9. The van der Waals surface area contributed by atoms with Gasteiger partial charge in [0.25, 0.3) is 0 Å². The second-order valence-corrected chi connectivity index (χ2v) is 6.74. The fraction of sp³-hybridized carbons (Fsp3) is 0.625. The average molecular weight is 379 g/mol. The Morgan fingerprint density at radius 3 is 2.88 bits per heavy atom. The molecule has 2 heterocycles. The van der Waals surface area contributed by atoms with E-state index < -0.39 is 11.7 Å². The fourth-order valence-corrected chi connectivity index (χ4v) is 3.07. The third kappa shape index (κ3) is 5.47. The van der Waals surface area contributed by atoms with E-state index in [1.165, 1.54) is 0 Å². The van der Waals surface area contributed by atoms with Gasteiger partial charge in [-0.1, -0.05) is 11.6 Å². The van der Waals surface area contributed by atoms with E-state index in [2.05, 4.69) is 10.3 Å². The number of alkyl halides is 3. The minimum absolute atomic E-state index is 0.0131. The molecule has 0 aromatic carbocycles. The monoisotopic (exact) mass is 378 g/mol. The third-order valence-corrected chi connectivity index (χ3v) is 4.64. The molecule has 1 aromatic heterocycles. The predicted molar refractivity (Wildman–Crippen MR) is 90.3 cm³/mol. The van der Waals surface area contributed by atoms with Gasteiger partial charge in [0.15, 0.2) is 0 Å². The number of pyridine rings is 1. The summed E-state index contributed by atoms with van der Waals surface area (Å²) in [7, 11) is 0. The molecule has 0 bridgehead atoms. The molecule has 0 aliphatic carbocycles. The summed E-state index contributed by atoms with van der Waals surface area (Å²) in [5.74, 6) is 0.423. The predicted octanol–water partition coefficient (Wildman–Crippen LogP) is 3.14. The van der Waals surface area contributed by atoms with Gasteiger partial charge in [0.2, 0.25) is 5.91 Å². The minimum Gasteiger partial charge on any atom is -0.368 e. The number of carbonyl (C=O) groups is 1. The number of rotatable bonds is 5. The lowest BCUT2D eigenvalue weighted by atomic mass is 9.92. The smallest absolute Gasteiger partial charge is 0.368 e. The van der Waals surface area contributed by atoms with Gasteiger partial charge in [-0.3, -0.25) is 4.79 Å². The van der Waals surface area contributed by atoms with E-state index in [1.54, 1.807) is 4.90 Å². The first-order chi connectivity index (χ1) is 11.7. The zero-order valence-corrected chi connectivity index (χ0v) is 14.7.